The summed E-state index contributed by atoms with van der Waals surface area (Å²) in [4.78, 5) is 11.8. The summed E-state index contributed by atoms with van der Waals surface area (Å²) in [5.41, 5.74) is 1.48. The van der Waals surface area contributed by atoms with Crippen LogP contribution in [0.15, 0.2) is 47.4 Å². The molecule has 0 aliphatic heterocycles. The highest BCUT2D eigenvalue weighted by molar-refractivity contribution is 6.30. The Labute approximate surface area is 92.7 Å². The summed E-state index contributed by atoms with van der Waals surface area (Å²) >= 11 is 5.91. The van der Waals surface area contributed by atoms with Gasteiger partial charge in [0.15, 0.2) is 0 Å². The van der Waals surface area contributed by atoms with Crippen LogP contribution in [0.25, 0.3) is 11.1 Å². The van der Waals surface area contributed by atoms with E-state index in [0.29, 0.717) is 10.6 Å². The van der Waals surface area contributed by atoms with Gasteiger partial charge in [-0.2, -0.15) is 0 Å². The molecule has 0 aliphatic rings. The maximum absolute atomic E-state index is 11.8. The van der Waals surface area contributed by atoms with Gasteiger partial charge >= 0.3 is 0 Å². The van der Waals surface area contributed by atoms with E-state index in [4.69, 9.17) is 11.6 Å². The molecule has 0 atom stereocenters. The molecule has 0 N–H and O–H groups in total. The van der Waals surface area contributed by atoms with E-state index in [1.165, 1.54) is 4.57 Å². The van der Waals surface area contributed by atoms with Crippen LogP contribution in [-0.4, -0.2) is 4.57 Å². The van der Waals surface area contributed by atoms with Gasteiger partial charge in [-0.3, -0.25) is 4.79 Å². The first-order valence-electron chi connectivity index (χ1n) is 4.60. The predicted molar refractivity (Wildman–Crippen MR) is 62.1 cm³/mol. The highest BCUT2D eigenvalue weighted by atomic mass is 35.5. The number of nitrogens with zero attached hydrogens (tertiary/aromatic N) is 1. The molecular weight excluding hydrogens is 210 g/mol. The first kappa shape index (κ1) is 9.99. The van der Waals surface area contributed by atoms with Crippen LogP contribution < -0.4 is 5.56 Å². The van der Waals surface area contributed by atoms with Gasteiger partial charge in [-0.25, -0.2) is 0 Å². The third kappa shape index (κ3) is 1.95. The normalized spacial score (nSPS) is 10.3. The fourth-order valence-electron chi connectivity index (χ4n) is 1.50. The minimum absolute atomic E-state index is 0.0365. The number of hydrogen-bond donors (Lipinski definition) is 0. The molecule has 0 aliphatic carbocycles. The Bertz CT molecular complexity index is 531. The first-order valence-corrected chi connectivity index (χ1v) is 4.98. The smallest absolute Gasteiger partial charge is 0.258 e. The molecule has 3 heteroatoms. The lowest BCUT2D eigenvalue weighted by molar-refractivity contribution is 0.863. The van der Waals surface area contributed by atoms with Gasteiger partial charge in [0.1, 0.15) is 0 Å². The molecule has 2 rings (SSSR count). The number of pyridine rings is 1. The summed E-state index contributed by atoms with van der Waals surface area (Å²) in [5.74, 6) is 0. The van der Waals surface area contributed by atoms with Crippen LogP contribution in [-0.2, 0) is 7.05 Å². The zero-order valence-corrected chi connectivity index (χ0v) is 9.03. The predicted octanol–water partition coefficient (Wildman–Crippen LogP) is 2.71. The van der Waals surface area contributed by atoms with E-state index < -0.39 is 0 Å². The molecule has 0 spiro atoms. The van der Waals surface area contributed by atoms with E-state index in [2.05, 4.69) is 0 Å². The van der Waals surface area contributed by atoms with Crippen LogP contribution in [0.5, 0.6) is 0 Å². The van der Waals surface area contributed by atoms with Gasteiger partial charge in [-0.05, 0) is 11.6 Å². The third-order valence-electron chi connectivity index (χ3n) is 2.23. The van der Waals surface area contributed by atoms with Crippen LogP contribution >= 0.6 is 11.6 Å². The summed E-state index contributed by atoms with van der Waals surface area (Å²) in [7, 11) is 1.70. The van der Waals surface area contributed by atoms with E-state index in [-0.39, 0.29) is 5.56 Å². The Balaban J connectivity index is 2.69. The largest absolute Gasteiger partial charge is 0.317 e. The summed E-state index contributed by atoms with van der Waals surface area (Å²) in [6.45, 7) is 0. The Kier molecular flexibility index (Phi) is 2.60. The van der Waals surface area contributed by atoms with E-state index in [1.807, 2.05) is 30.3 Å². The van der Waals surface area contributed by atoms with Crippen LogP contribution in [0.1, 0.15) is 0 Å². The molecule has 15 heavy (non-hydrogen) atoms. The van der Waals surface area contributed by atoms with Crippen molar-refractivity contribution in [1.82, 2.24) is 4.57 Å². The Morgan fingerprint density at radius 3 is 2.53 bits per heavy atom. The van der Waals surface area contributed by atoms with E-state index in [1.54, 1.807) is 19.3 Å². The van der Waals surface area contributed by atoms with Crippen molar-refractivity contribution in [3.8, 4) is 11.1 Å². The summed E-state index contributed by atoms with van der Waals surface area (Å²) in [5, 5.41) is 0.566. The van der Waals surface area contributed by atoms with Gasteiger partial charge in [0.05, 0.1) is 5.02 Å². The van der Waals surface area contributed by atoms with Crippen molar-refractivity contribution >= 4 is 11.6 Å². The summed E-state index contributed by atoms with van der Waals surface area (Å²) in [6, 6.07) is 11.2. The molecule has 1 aromatic carbocycles. The average Bonchev–Trinajstić information content (AvgIpc) is 2.24. The number of aryl methyl sites for hydroxylation is 1. The van der Waals surface area contributed by atoms with Gasteiger partial charge in [-0.1, -0.05) is 41.9 Å². The fraction of sp³-hybridized carbons (Fsp3) is 0.0833. The van der Waals surface area contributed by atoms with Gasteiger partial charge in [0.25, 0.3) is 5.56 Å². The molecule has 2 nitrogen and oxygen atoms in total. The van der Waals surface area contributed by atoms with Crippen molar-refractivity contribution in [2.45, 2.75) is 0 Å². The zero-order chi connectivity index (χ0) is 10.8. The summed E-state index contributed by atoms with van der Waals surface area (Å²) in [6.07, 6.45) is 1.61. The average molecular weight is 220 g/mol. The van der Waals surface area contributed by atoms with Crippen molar-refractivity contribution < 1.29 is 0 Å². The van der Waals surface area contributed by atoms with Crippen molar-refractivity contribution in [2.75, 3.05) is 0 Å². The molecule has 1 aromatic heterocycles. The van der Waals surface area contributed by atoms with Crippen molar-refractivity contribution in [3.05, 3.63) is 58.0 Å². The summed E-state index contributed by atoms with van der Waals surface area (Å²) < 4.78 is 1.49. The quantitative estimate of drug-likeness (QED) is 0.723. The lowest BCUT2D eigenvalue weighted by Gasteiger charge is -2.04. The first-order chi connectivity index (χ1) is 7.18. The Morgan fingerprint density at radius 2 is 1.87 bits per heavy atom. The van der Waals surface area contributed by atoms with Crippen molar-refractivity contribution in [3.63, 3.8) is 0 Å². The minimum atomic E-state index is -0.0365. The molecule has 76 valence electrons. The van der Waals surface area contributed by atoms with Crippen LogP contribution in [0, 0.1) is 0 Å². The maximum atomic E-state index is 11.8. The monoisotopic (exact) mass is 219 g/mol. The topological polar surface area (TPSA) is 22.0 Å². The molecule has 0 unspecified atom stereocenters. The Hall–Kier alpha value is -1.54. The van der Waals surface area contributed by atoms with Gasteiger partial charge in [0, 0.05) is 18.8 Å². The van der Waals surface area contributed by atoms with Gasteiger partial charge in [0.2, 0.25) is 0 Å². The number of halogens is 1. The lowest BCUT2D eigenvalue weighted by atomic mass is 10.1. The van der Waals surface area contributed by atoms with Crippen LogP contribution in [0.4, 0.5) is 0 Å². The molecule has 0 bridgehead atoms. The van der Waals surface area contributed by atoms with E-state index >= 15 is 0 Å². The SMILES string of the molecule is Cn1cc(Cl)cc(-c2ccccc2)c1=O. The fourth-order valence-corrected chi connectivity index (χ4v) is 1.75. The van der Waals surface area contributed by atoms with Crippen molar-refractivity contribution in [1.29, 1.82) is 0 Å². The molecule has 1 heterocycles. The highest BCUT2D eigenvalue weighted by Crippen LogP contribution is 2.18. The molecule has 0 amide bonds. The molecular formula is C12H10ClNO. The molecule has 2 aromatic rings. The minimum Gasteiger partial charge on any atom is -0.317 e. The van der Waals surface area contributed by atoms with Gasteiger partial charge < -0.3 is 4.57 Å². The van der Waals surface area contributed by atoms with E-state index in [0.717, 1.165) is 5.56 Å². The molecule has 0 saturated carbocycles. The maximum Gasteiger partial charge on any atom is 0.258 e. The number of hydrogen-bond acceptors (Lipinski definition) is 1. The second-order valence-corrected chi connectivity index (χ2v) is 3.79. The standard InChI is InChI=1S/C12H10ClNO/c1-14-8-10(13)7-11(12(14)15)9-5-3-2-4-6-9/h2-8H,1H3. The molecule has 0 saturated heterocycles. The molecule has 0 fully saturated rings. The highest BCUT2D eigenvalue weighted by Gasteiger charge is 2.05. The second-order valence-electron chi connectivity index (χ2n) is 3.35. The lowest BCUT2D eigenvalue weighted by Crippen LogP contribution is -2.17. The number of rotatable bonds is 1. The number of benzene rings is 1. The Morgan fingerprint density at radius 1 is 1.20 bits per heavy atom. The zero-order valence-electron chi connectivity index (χ0n) is 8.27. The van der Waals surface area contributed by atoms with E-state index in [9.17, 15) is 4.79 Å². The number of aromatic nitrogens is 1. The molecule has 0 radical (unpaired) electrons. The van der Waals surface area contributed by atoms with Crippen molar-refractivity contribution in [2.24, 2.45) is 7.05 Å². The second kappa shape index (κ2) is 3.91. The van der Waals surface area contributed by atoms with Crippen LogP contribution in [0.2, 0.25) is 5.02 Å². The van der Waals surface area contributed by atoms with Crippen LogP contribution in [0.3, 0.4) is 0 Å². The van der Waals surface area contributed by atoms with Gasteiger partial charge in [-0.15, -0.1) is 0 Å². The third-order valence-corrected chi connectivity index (χ3v) is 2.44.